The maximum atomic E-state index is 14.5. The van der Waals surface area contributed by atoms with Gasteiger partial charge in [0.1, 0.15) is 0 Å². The number of halogens is 6. The minimum absolute atomic E-state index is 0.00818. The molecule has 2 atom stereocenters. The Hall–Kier alpha value is -3.39. The van der Waals surface area contributed by atoms with E-state index in [1.165, 1.54) is 24.1 Å². The normalized spacial score (nSPS) is 28.4. The van der Waals surface area contributed by atoms with Crippen molar-refractivity contribution in [1.29, 1.82) is 0 Å². The van der Waals surface area contributed by atoms with E-state index in [-0.39, 0.29) is 60.0 Å². The highest BCUT2D eigenvalue weighted by molar-refractivity contribution is 7.92. The molecule has 3 aliphatic carbocycles. The molecular weight excluding hydrogens is 682 g/mol. The van der Waals surface area contributed by atoms with Gasteiger partial charge in [-0.3, -0.25) is 4.90 Å². The van der Waals surface area contributed by atoms with Crippen LogP contribution in [0.4, 0.5) is 32.3 Å². The zero-order valence-electron chi connectivity index (χ0n) is 28.0. The maximum absolute atomic E-state index is 14.5. The number of hydrogen-bond acceptors (Lipinski definition) is 6. The molecule has 3 saturated carbocycles. The Balaban J connectivity index is 1.26. The predicted molar refractivity (Wildman–Crippen MR) is 175 cm³/mol. The number of rotatable bonds is 6. The van der Waals surface area contributed by atoms with Crippen molar-refractivity contribution in [2.75, 3.05) is 24.9 Å². The number of nitrogens with one attached hydrogen (secondary N) is 1. The molecule has 4 aliphatic rings. The van der Waals surface area contributed by atoms with Crippen LogP contribution in [0.25, 0.3) is 11.3 Å². The lowest BCUT2D eigenvalue weighted by Gasteiger charge is -2.62. The second kappa shape index (κ2) is 12.1. The summed E-state index contributed by atoms with van der Waals surface area (Å²) in [5.41, 5.74) is 1.51. The van der Waals surface area contributed by atoms with Crippen molar-refractivity contribution in [2.45, 2.75) is 88.0 Å². The third-order valence-corrected chi connectivity index (χ3v) is 12.9. The van der Waals surface area contributed by atoms with E-state index in [4.69, 9.17) is 4.74 Å². The molecule has 0 saturated heterocycles. The summed E-state index contributed by atoms with van der Waals surface area (Å²) in [4.78, 5) is 10.1. The van der Waals surface area contributed by atoms with E-state index in [0.29, 0.717) is 36.9 Å². The van der Waals surface area contributed by atoms with E-state index >= 15 is 0 Å². The summed E-state index contributed by atoms with van der Waals surface area (Å²) >= 11 is 0. The highest BCUT2D eigenvalue weighted by atomic mass is 32.2. The van der Waals surface area contributed by atoms with Gasteiger partial charge in [-0.05, 0) is 112 Å². The molecule has 14 heteroatoms. The molecule has 270 valence electrons. The monoisotopic (exact) mass is 722 g/mol. The van der Waals surface area contributed by atoms with Crippen molar-refractivity contribution in [3.8, 4) is 17.1 Å². The Morgan fingerprint density at radius 1 is 0.940 bits per heavy atom. The molecule has 3 aromatic rings. The number of aromatic nitrogens is 2. The Morgan fingerprint density at radius 2 is 1.60 bits per heavy atom. The number of aryl methyl sites for hydroxylation is 2. The number of benzene rings is 2. The van der Waals surface area contributed by atoms with Gasteiger partial charge < -0.3 is 4.74 Å². The van der Waals surface area contributed by atoms with Crippen LogP contribution in [-0.4, -0.2) is 61.9 Å². The van der Waals surface area contributed by atoms with E-state index in [9.17, 15) is 34.8 Å². The summed E-state index contributed by atoms with van der Waals surface area (Å²) in [6.07, 6.45) is -6.47. The summed E-state index contributed by atoms with van der Waals surface area (Å²) in [6.45, 7) is 2.71. The molecule has 7 rings (SSSR count). The van der Waals surface area contributed by atoms with Crippen molar-refractivity contribution in [3.05, 3.63) is 65.2 Å². The Labute approximate surface area is 287 Å². The van der Waals surface area contributed by atoms with Crippen molar-refractivity contribution < 1.29 is 39.5 Å². The van der Waals surface area contributed by atoms with Crippen LogP contribution in [0, 0.1) is 36.5 Å². The molecule has 2 heterocycles. The number of nitrogens with zero attached hydrogens (tertiary/aromatic N) is 3. The Kier molecular flexibility index (Phi) is 8.48. The van der Waals surface area contributed by atoms with Gasteiger partial charge in [0.2, 0.25) is 11.8 Å². The Morgan fingerprint density at radius 3 is 2.22 bits per heavy atom. The van der Waals surface area contributed by atoms with Gasteiger partial charge in [-0.1, -0.05) is 30.3 Å². The summed E-state index contributed by atoms with van der Waals surface area (Å²) in [5, 5.41) is 0. The lowest BCUT2D eigenvalue weighted by molar-refractivity contribution is -0.195. The third-order valence-electron chi connectivity index (χ3n) is 11.6. The Bertz CT molecular complexity index is 1860. The minimum atomic E-state index is -4.42. The van der Waals surface area contributed by atoms with Gasteiger partial charge in [0.25, 0.3) is 10.0 Å². The van der Waals surface area contributed by atoms with Gasteiger partial charge in [-0.15, -0.1) is 0 Å². The van der Waals surface area contributed by atoms with Crippen LogP contribution in [0.1, 0.15) is 67.6 Å². The van der Waals surface area contributed by atoms with E-state index in [1.807, 2.05) is 32.0 Å². The zero-order chi connectivity index (χ0) is 35.9. The SMILES string of the molecule is Cc1cccc(C)c1-c1cc2nc(n1)NS(=O)(=O)c1cccc(c1)C(C1CC3(C1)CC(N(C)CC(F)(F)F)C3)[C@H](CC1(C(F)(F)F)CC1)CO2. The quantitative estimate of drug-likeness (QED) is 0.257. The lowest BCUT2D eigenvalue weighted by atomic mass is 9.46. The molecule has 7 nitrogen and oxygen atoms in total. The largest absolute Gasteiger partial charge is 0.477 e. The predicted octanol–water partition coefficient (Wildman–Crippen LogP) is 8.44. The fourth-order valence-corrected chi connectivity index (χ4v) is 9.93. The highest BCUT2D eigenvalue weighted by Gasteiger charge is 2.65. The number of ether oxygens (including phenoxy) is 1. The number of sulfonamides is 1. The number of hydrogen-bond donors (Lipinski definition) is 1. The molecule has 1 unspecified atom stereocenters. The van der Waals surface area contributed by atoms with Gasteiger partial charge in [-0.25, -0.2) is 18.1 Å². The first-order valence-corrected chi connectivity index (χ1v) is 18.4. The van der Waals surface area contributed by atoms with Crippen LogP contribution in [-0.2, 0) is 10.0 Å². The second-order valence-corrected chi connectivity index (χ2v) is 16.9. The van der Waals surface area contributed by atoms with E-state index in [0.717, 1.165) is 16.7 Å². The topological polar surface area (TPSA) is 84.4 Å². The van der Waals surface area contributed by atoms with Crippen LogP contribution in [0.3, 0.4) is 0 Å². The first-order valence-electron chi connectivity index (χ1n) is 16.9. The molecular formula is C36H40F6N4O3S. The maximum Gasteiger partial charge on any atom is 0.401 e. The first-order chi connectivity index (χ1) is 23.4. The van der Waals surface area contributed by atoms with Crippen LogP contribution in [0.5, 0.6) is 5.88 Å². The standard InChI is InChI=1S/C36H40F6N4O3S/c1-21-6-4-7-22(2)30(21)28-13-29-44-32(43-28)45-50(47,48)27-9-5-8-23(12-27)31(25(19-49-29)16-34(10-11-34)36(40,41)42)24-14-33(15-24)17-26(18-33)46(3)20-35(37,38)39/h4-9,12-13,24-26,31H,10-11,14-20H2,1-3H3,(H,43,44,45)/t24?,25-,26?,31?,33?/m1/s1. The molecule has 0 radical (unpaired) electrons. The molecule has 1 spiro atoms. The smallest absolute Gasteiger partial charge is 0.401 e. The van der Waals surface area contributed by atoms with Crippen molar-refractivity contribution >= 4 is 16.0 Å². The highest BCUT2D eigenvalue weighted by Crippen LogP contribution is 2.67. The van der Waals surface area contributed by atoms with Crippen molar-refractivity contribution in [1.82, 2.24) is 14.9 Å². The number of anilines is 1. The van der Waals surface area contributed by atoms with E-state index < -0.39 is 46.2 Å². The summed E-state index contributed by atoms with van der Waals surface area (Å²) in [7, 11) is -2.75. The average Bonchev–Trinajstić information content (AvgIpc) is 3.75. The minimum Gasteiger partial charge on any atom is -0.477 e. The fraction of sp³-hybridized carbons (Fsp3) is 0.556. The van der Waals surface area contributed by atoms with Crippen LogP contribution in [0.2, 0.25) is 0 Å². The second-order valence-electron chi connectivity index (χ2n) is 15.2. The van der Waals surface area contributed by atoms with E-state index in [1.54, 1.807) is 18.2 Å². The molecule has 50 heavy (non-hydrogen) atoms. The summed E-state index contributed by atoms with van der Waals surface area (Å²) in [5.74, 6) is -1.43. The van der Waals surface area contributed by atoms with E-state index in [2.05, 4.69) is 14.7 Å². The van der Waals surface area contributed by atoms with Crippen LogP contribution in [0.15, 0.2) is 53.4 Å². The van der Waals surface area contributed by atoms with Gasteiger partial charge in [0.15, 0.2) is 0 Å². The molecule has 4 bridgehead atoms. The van der Waals surface area contributed by atoms with Gasteiger partial charge >= 0.3 is 12.4 Å². The van der Waals surface area contributed by atoms with Crippen molar-refractivity contribution in [3.63, 3.8) is 0 Å². The number of alkyl halides is 6. The van der Waals surface area contributed by atoms with Crippen LogP contribution < -0.4 is 9.46 Å². The first kappa shape index (κ1) is 35.0. The summed E-state index contributed by atoms with van der Waals surface area (Å²) in [6, 6.07) is 13.4. The molecule has 3 fully saturated rings. The zero-order valence-corrected chi connectivity index (χ0v) is 28.9. The molecule has 1 N–H and O–H groups in total. The van der Waals surface area contributed by atoms with Gasteiger partial charge in [-0.2, -0.15) is 31.3 Å². The number of fused-ring (bicyclic) bond motifs is 4. The summed E-state index contributed by atoms with van der Waals surface area (Å²) < 4.78 is 119. The molecule has 0 amide bonds. The van der Waals surface area contributed by atoms with Gasteiger partial charge in [0.05, 0.1) is 29.2 Å². The third kappa shape index (κ3) is 6.69. The van der Waals surface area contributed by atoms with Crippen molar-refractivity contribution in [2.24, 2.45) is 22.7 Å². The fourth-order valence-electron chi connectivity index (χ4n) is 8.93. The molecule has 1 aliphatic heterocycles. The molecule has 1 aromatic heterocycles. The molecule has 2 aromatic carbocycles. The average molecular weight is 723 g/mol. The van der Waals surface area contributed by atoms with Crippen LogP contribution >= 0.6 is 0 Å². The lowest BCUT2D eigenvalue weighted by Crippen LogP contribution is -2.57. The van der Waals surface area contributed by atoms with Gasteiger partial charge in [0, 0.05) is 23.6 Å².